The molecule has 3 rings (SSSR count). The van der Waals surface area contributed by atoms with Crippen LogP contribution in [0, 0.1) is 0 Å². The van der Waals surface area contributed by atoms with Crippen molar-refractivity contribution in [3.05, 3.63) is 11.7 Å². The number of hydrogen-bond donors (Lipinski definition) is 1. The Balaban J connectivity index is 1.61. The second-order valence-electron chi connectivity index (χ2n) is 5.17. The summed E-state index contributed by atoms with van der Waals surface area (Å²) in [4.78, 5) is 6.69. The van der Waals surface area contributed by atoms with E-state index in [0.717, 1.165) is 38.6 Å². The van der Waals surface area contributed by atoms with Gasteiger partial charge in [0.1, 0.15) is 6.10 Å². The summed E-state index contributed by atoms with van der Waals surface area (Å²) < 4.78 is 11.0. The van der Waals surface area contributed by atoms with Crippen molar-refractivity contribution in [2.75, 3.05) is 33.3 Å². The van der Waals surface area contributed by atoms with E-state index < -0.39 is 0 Å². The van der Waals surface area contributed by atoms with E-state index in [-0.39, 0.29) is 6.10 Å². The van der Waals surface area contributed by atoms with Crippen LogP contribution in [0.4, 0.5) is 0 Å². The van der Waals surface area contributed by atoms with E-state index in [1.54, 1.807) is 0 Å². The van der Waals surface area contributed by atoms with Crippen LogP contribution in [0.2, 0.25) is 0 Å². The fraction of sp³-hybridized carbons (Fsp3) is 0.833. The summed E-state index contributed by atoms with van der Waals surface area (Å²) in [5.74, 6) is 1.41. The summed E-state index contributed by atoms with van der Waals surface area (Å²) in [6, 6.07) is 0.494. The number of rotatable bonds is 3. The SMILES string of the molecule is CN1CCOC(c2noc(CC3CCCN3)n2)C1. The van der Waals surface area contributed by atoms with E-state index in [2.05, 4.69) is 27.4 Å². The Bertz CT molecular complexity index is 389. The van der Waals surface area contributed by atoms with Crippen LogP contribution >= 0.6 is 0 Å². The number of ether oxygens (including phenoxy) is 1. The van der Waals surface area contributed by atoms with Gasteiger partial charge in [-0.2, -0.15) is 4.98 Å². The zero-order valence-electron chi connectivity index (χ0n) is 10.8. The minimum Gasteiger partial charge on any atom is -0.367 e. The normalized spacial score (nSPS) is 29.8. The molecule has 1 N–H and O–H groups in total. The fourth-order valence-corrected chi connectivity index (χ4v) is 2.56. The number of aromatic nitrogens is 2. The molecule has 0 aromatic carbocycles. The smallest absolute Gasteiger partial charge is 0.228 e. The lowest BCUT2D eigenvalue weighted by Gasteiger charge is -2.27. The van der Waals surface area contributed by atoms with E-state index in [9.17, 15) is 0 Å². The van der Waals surface area contributed by atoms with Crippen LogP contribution in [0.1, 0.15) is 30.7 Å². The van der Waals surface area contributed by atoms with E-state index in [0.29, 0.717) is 11.9 Å². The van der Waals surface area contributed by atoms with Gasteiger partial charge in [0, 0.05) is 25.6 Å². The Morgan fingerprint density at radius 1 is 1.50 bits per heavy atom. The molecule has 0 saturated carbocycles. The Hall–Kier alpha value is -0.980. The monoisotopic (exact) mass is 252 g/mol. The Kier molecular flexibility index (Phi) is 3.58. The Morgan fingerprint density at radius 3 is 3.22 bits per heavy atom. The first-order valence-electron chi connectivity index (χ1n) is 6.67. The maximum atomic E-state index is 5.68. The number of likely N-dealkylation sites (N-methyl/N-ethyl adjacent to an activating group) is 1. The van der Waals surface area contributed by atoms with Crippen molar-refractivity contribution < 1.29 is 9.26 Å². The number of morpholine rings is 1. The van der Waals surface area contributed by atoms with Crippen molar-refractivity contribution >= 4 is 0 Å². The molecule has 100 valence electrons. The first-order chi connectivity index (χ1) is 8.81. The quantitative estimate of drug-likeness (QED) is 0.838. The first-order valence-corrected chi connectivity index (χ1v) is 6.67. The third kappa shape index (κ3) is 2.71. The minimum atomic E-state index is -0.0437. The highest BCUT2D eigenvalue weighted by atomic mass is 16.5. The van der Waals surface area contributed by atoms with Crippen molar-refractivity contribution in [2.45, 2.75) is 31.4 Å². The molecule has 2 aliphatic heterocycles. The van der Waals surface area contributed by atoms with Crippen LogP contribution < -0.4 is 5.32 Å². The van der Waals surface area contributed by atoms with E-state index in [4.69, 9.17) is 9.26 Å². The summed E-state index contributed by atoms with van der Waals surface area (Å²) in [6.07, 6.45) is 3.22. The molecule has 2 atom stereocenters. The highest BCUT2D eigenvalue weighted by Crippen LogP contribution is 2.19. The molecule has 0 radical (unpaired) electrons. The van der Waals surface area contributed by atoms with Crippen molar-refractivity contribution in [3.63, 3.8) is 0 Å². The standard InChI is InChI=1S/C12H20N4O2/c1-16-5-6-17-10(8-16)12-14-11(18-15-12)7-9-3-2-4-13-9/h9-10,13H,2-8H2,1H3. The van der Waals surface area contributed by atoms with Gasteiger partial charge in [0.15, 0.2) is 0 Å². The minimum absolute atomic E-state index is 0.0437. The van der Waals surface area contributed by atoms with Crippen molar-refractivity contribution in [1.82, 2.24) is 20.4 Å². The predicted octanol–water partition coefficient (Wildman–Crippen LogP) is 0.367. The number of hydrogen-bond acceptors (Lipinski definition) is 6. The first kappa shape index (κ1) is 12.1. The van der Waals surface area contributed by atoms with Crippen LogP contribution in [0.3, 0.4) is 0 Å². The maximum absolute atomic E-state index is 5.68. The van der Waals surface area contributed by atoms with Crippen molar-refractivity contribution in [3.8, 4) is 0 Å². The summed E-state index contributed by atoms with van der Waals surface area (Å²) in [5, 5.41) is 7.48. The van der Waals surface area contributed by atoms with Crippen molar-refractivity contribution in [2.24, 2.45) is 0 Å². The van der Waals surface area contributed by atoms with Gasteiger partial charge in [0.05, 0.1) is 6.61 Å². The molecule has 3 heterocycles. The molecule has 1 aromatic heterocycles. The molecule has 2 saturated heterocycles. The van der Waals surface area contributed by atoms with Gasteiger partial charge in [0.25, 0.3) is 0 Å². The molecular formula is C12H20N4O2. The largest absolute Gasteiger partial charge is 0.367 e. The highest BCUT2D eigenvalue weighted by Gasteiger charge is 2.25. The zero-order chi connectivity index (χ0) is 12.4. The van der Waals surface area contributed by atoms with Gasteiger partial charge >= 0.3 is 0 Å². The van der Waals surface area contributed by atoms with Gasteiger partial charge in [-0.15, -0.1) is 0 Å². The summed E-state index contributed by atoms with van der Waals surface area (Å²) >= 11 is 0. The molecular weight excluding hydrogens is 232 g/mol. The van der Waals surface area contributed by atoms with Gasteiger partial charge in [-0.1, -0.05) is 5.16 Å². The van der Waals surface area contributed by atoms with Crippen LogP contribution in [0.5, 0.6) is 0 Å². The van der Waals surface area contributed by atoms with Gasteiger partial charge in [-0.25, -0.2) is 0 Å². The van der Waals surface area contributed by atoms with Crippen molar-refractivity contribution in [1.29, 1.82) is 0 Å². The molecule has 6 nitrogen and oxygen atoms in total. The van der Waals surface area contributed by atoms with Gasteiger partial charge in [-0.05, 0) is 26.4 Å². The second-order valence-corrected chi connectivity index (χ2v) is 5.17. The Morgan fingerprint density at radius 2 is 2.44 bits per heavy atom. The average Bonchev–Trinajstić information content (AvgIpc) is 3.01. The van der Waals surface area contributed by atoms with Crippen LogP contribution in [-0.2, 0) is 11.2 Å². The number of nitrogens with one attached hydrogen (secondary N) is 1. The molecule has 2 unspecified atom stereocenters. The lowest BCUT2D eigenvalue weighted by molar-refractivity contribution is -0.0264. The fourth-order valence-electron chi connectivity index (χ4n) is 2.56. The van der Waals surface area contributed by atoms with Gasteiger partial charge < -0.3 is 19.5 Å². The molecule has 0 aliphatic carbocycles. The summed E-state index contributed by atoms with van der Waals surface area (Å²) in [6.45, 7) is 3.63. The zero-order valence-corrected chi connectivity index (χ0v) is 10.8. The molecule has 6 heteroatoms. The van der Waals surface area contributed by atoms with E-state index in [1.807, 2.05) is 0 Å². The summed E-state index contributed by atoms with van der Waals surface area (Å²) in [5.41, 5.74) is 0. The predicted molar refractivity (Wildman–Crippen MR) is 65.2 cm³/mol. The molecule has 0 amide bonds. The molecule has 2 fully saturated rings. The number of nitrogens with zero attached hydrogens (tertiary/aromatic N) is 3. The molecule has 2 aliphatic rings. The highest BCUT2D eigenvalue weighted by molar-refractivity contribution is 4.96. The molecule has 18 heavy (non-hydrogen) atoms. The van der Waals surface area contributed by atoms with Gasteiger partial charge in [0.2, 0.25) is 11.7 Å². The lowest BCUT2D eigenvalue weighted by atomic mass is 10.1. The third-order valence-electron chi connectivity index (χ3n) is 3.62. The van der Waals surface area contributed by atoms with Crippen LogP contribution in [0.15, 0.2) is 4.52 Å². The third-order valence-corrected chi connectivity index (χ3v) is 3.62. The molecule has 1 aromatic rings. The Labute approximate surface area is 107 Å². The molecule has 0 bridgehead atoms. The average molecular weight is 252 g/mol. The second kappa shape index (κ2) is 5.34. The van der Waals surface area contributed by atoms with E-state index in [1.165, 1.54) is 12.8 Å². The molecule has 0 spiro atoms. The van der Waals surface area contributed by atoms with Crippen LogP contribution in [0.25, 0.3) is 0 Å². The van der Waals surface area contributed by atoms with E-state index >= 15 is 0 Å². The van der Waals surface area contributed by atoms with Gasteiger partial charge in [-0.3, -0.25) is 0 Å². The topological polar surface area (TPSA) is 63.4 Å². The summed E-state index contributed by atoms with van der Waals surface area (Å²) in [7, 11) is 2.08. The van der Waals surface area contributed by atoms with Crippen LogP contribution in [-0.4, -0.2) is 54.4 Å². The maximum Gasteiger partial charge on any atom is 0.228 e. The lowest BCUT2D eigenvalue weighted by Crippen LogP contribution is -2.35.